The van der Waals surface area contributed by atoms with Gasteiger partial charge in [-0.15, -0.1) is 0 Å². The smallest absolute Gasteiger partial charge is 0.0482 e. The van der Waals surface area contributed by atoms with Crippen LogP contribution in [0.4, 0.5) is 0 Å². The number of nitrogens with zero attached hydrogens (tertiary/aromatic N) is 1. The third-order valence-corrected chi connectivity index (χ3v) is 4.43. The number of aryl methyl sites for hydroxylation is 1. The highest BCUT2D eigenvalue weighted by molar-refractivity contribution is 5.86. The van der Waals surface area contributed by atoms with Crippen LogP contribution in [0, 0.1) is 6.92 Å². The lowest BCUT2D eigenvalue weighted by atomic mass is 9.90. The van der Waals surface area contributed by atoms with Crippen LogP contribution in [0.1, 0.15) is 36.4 Å². The van der Waals surface area contributed by atoms with E-state index >= 15 is 0 Å². The summed E-state index contributed by atoms with van der Waals surface area (Å²) in [6.07, 6.45) is 3.89. The van der Waals surface area contributed by atoms with E-state index in [2.05, 4.69) is 48.1 Å². The molecule has 2 aromatic rings. The van der Waals surface area contributed by atoms with Crippen molar-refractivity contribution >= 4 is 10.9 Å². The van der Waals surface area contributed by atoms with Crippen LogP contribution in [-0.2, 0) is 7.05 Å². The summed E-state index contributed by atoms with van der Waals surface area (Å²) >= 11 is 0. The quantitative estimate of drug-likeness (QED) is 0.811. The molecule has 1 atom stereocenters. The second-order valence-corrected chi connectivity index (χ2v) is 5.45. The molecule has 1 aliphatic rings. The fourth-order valence-corrected chi connectivity index (χ4v) is 3.37. The Bertz CT molecular complexity index is 545. The van der Waals surface area contributed by atoms with E-state index in [9.17, 15) is 0 Å². The summed E-state index contributed by atoms with van der Waals surface area (Å²) in [5, 5.41) is 4.98. The van der Waals surface area contributed by atoms with Crippen molar-refractivity contribution in [3.05, 3.63) is 35.5 Å². The van der Waals surface area contributed by atoms with Crippen molar-refractivity contribution in [3.63, 3.8) is 0 Å². The van der Waals surface area contributed by atoms with Gasteiger partial charge in [-0.3, -0.25) is 0 Å². The molecule has 1 aliphatic heterocycles. The molecule has 1 unspecified atom stereocenters. The van der Waals surface area contributed by atoms with Gasteiger partial charge in [-0.1, -0.05) is 18.2 Å². The molecule has 1 N–H and O–H groups in total. The molecule has 1 aromatic heterocycles. The summed E-state index contributed by atoms with van der Waals surface area (Å²) in [7, 11) is 2.19. The van der Waals surface area contributed by atoms with Crippen LogP contribution < -0.4 is 5.32 Å². The van der Waals surface area contributed by atoms with Gasteiger partial charge in [-0.2, -0.15) is 0 Å². The number of nitrogens with one attached hydrogen (secondary N) is 1. The minimum atomic E-state index is 0.728. The fourth-order valence-electron chi connectivity index (χ4n) is 3.37. The van der Waals surface area contributed by atoms with Gasteiger partial charge in [0.05, 0.1) is 0 Å². The highest BCUT2D eigenvalue weighted by Crippen LogP contribution is 2.35. The topological polar surface area (TPSA) is 17.0 Å². The molecule has 0 radical (unpaired) electrons. The summed E-state index contributed by atoms with van der Waals surface area (Å²) in [6.45, 7) is 4.61. The lowest BCUT2D eigenvalue weighted by Gasteiger charge is -2.15. The van der Waals surface area contributed by atoms with Gasteiger partial charge in [0.15, 0.2) is 0 Å². The molecule has 0 saturated carbocycles. The average molecular weight is 242 g/mol. The molecule has 1 saturated heterocycles. The average Bonchev–Trinajstić information content (AvgIpc) is 2.61. The maximum Gasteiger partial charge on any atom is 0.0482 e. The normalized spacial score (nSPS) is 21.1. The Morgan fingerprint density at radius 1 is 1.17 bits per heavy atom. The first-order chi connectivity index (χ1) is 8.79. The van der Waals surface area contributed by atoms with E-state index in [4.69, 9.17) is 0 Å². The third kappa shape index (κ3) is 1.85. The van der Waals surface area contributed by atoms with Crippen LogP contribution in [0.15, 0.2) is 24.3 Å². The zero-order valence-electron chi connectivity index (χ0n) is 11.4. The number of benzene rings is 1. The fraction of sp³-hybridized carbons (Fsp3) is 0.500. The van der Waals surface area contributed by atoms with Crippen LogP contribution in [0.2, 0.25) is 0 Å². The maximum atomic E-state index is 3.51. The second kappa shape index (κ2) is 4.77. The molecule has 1 fully saturated rings. The SMILES string of the molecule is Cc1c(C2CCCNCC2)c2ccccc2n1C. The Balaban J connectivity index is 2.12. The Hall–Kier alpha value is -1.28. The molecule has 2 heteroatoms. The van der Waals surface area contributed by atoms with E-state index in [1.165, 1.54) is 42.4 Å². The van der Waals surface area contributed by atoms with Crippen molar-refractivity contribution < 1.29 is 0 Å². The highest BCUT2D eigenvalue weighted by atomic mass is 14.9. The summed E-state index contributed by atoms with van der Waals surface area (Å²) in [6, 6.07) is 8.83. The largest absolute Gasteiger partial charge is 0.348 e. The van der Waals surface area contributed by atoms with Gasteiger partial charge in [-0.05, 0) is 56.8 Å². The summed E-state index contributed by atoms with van der Waals surface area (Å²) in [5.74, 6) is 0.728. The summed E-state index contributed by atoms with van der Waals surface area (Å²) in [5.41, 5.74) is 4.42. The van der Waals surface area contributed by atoms with Crippen molar-refractivity contribution in [2.45, 2.75) is 32.1 Å². The number of hydrogen-bond donors (Lipinski definition) is 1. The lowest BCUT2D eigenvalue weighted by molar-refractivity contribution is 0.607. The van der Waals surface area contributed by atoms with Crippen LogP contribution in [0.5, 0.6) is 0 Å². The molecule has 2 heterocycles. The minimum Gasteiger partial charge on any atom is -0.348 e. The Morgan fingerprint density at radius 3 is 2.89 bits per heavy atom. The van der Waals surface area contributed by atoms with Crippen molar-refractivity contribution in [1.82, 2.24) is 9.88 Å². The van der Waals surface area contributed by atoms with Gasteiger partial charge in [0.1, 0.15) is 0 Å². The van der Waals surface area contributed by atoms with Gasteiger partial charge < -0.3 is 9.88 Å². The van der Waals surface area contributed by atoms with Crippen LogP contribution in [-0.4, -0.2) is 17.7 Å². The molecular weight excluding hydrogens is 220 g/mol. The van der Waals surface area contributed by atoms with Gasteiger partial charge in [-0.25, -0.2) is 0 Å². The Labute approximate surface area is 109 Å². The molecule has 1 aromatic carbocycles. The van der Waals surface area contributed by atoms with Crippen LogP contribution in [0.25, 0.3) is 10.9 Å². The minimum absolute atomic E-state index is 0.728. The number of aromatic nitrogens is 1. The predicted octanol–water partition coefficient (Wildman–Crippen LogP) is 3.34. The number of para-hydroxylation sites is 1. The Morgan fingerprint density at radius 2 is 2.00 bits per heavy atom. The number of fused-ring (bicyclic) bond motifs is 1. The zero-order chi connectivity index (χ0) is 12.5. The van der Waals surface area contributed by atoms with E-state index in [1.807, 2.05) is 0 Å². The highest BCUT2D eigenvalue weighted by Gasteiger charge is 2.21. The lowest BCUT2D eigenvalue weighted by Crippen LogP contribution is -2.13. The molecular formula is C16H22N2. The van der Waals surface area contributed by atoms with Crippen LogP contribution >= 0.6 is 0 Å². The van der Waals surface area contributed by atoms with E-state index < -0.39 is 0 Å². The first kappa shape index (κ1) is 11.8. The first-order valence-corrected chi connectivity index (χ1v) is 7.03. The standard InChI is InChI=1S/C16H22N2/c1-12-16(13-6-5-10-17-11-9-13)14-7-3-4-8-15(14)18(12)2/h3-4,7-8,13,17H,5-6,9-11H2,1-2H3. The summed E-state index contributed by atoms with van der Waals surface area (Å²) < 4.78 is 2.35. The monoisotopic (exact) mass is 242 g/mol. The molecule has 3 rings (SSSR count). The Kier molecular flexibility index (Phi) is 3.13. The van der Waals surface area contributed by atoms with Gasteiger partial charge in [0, 0.05) is 23.6 Å². The molecule has 2 nitrogen and oxygen atoms in total. The number of hydrogen-bond acceptors (Lipinski definition) is 1. The van der Waals surface area contributed by atoms with Gasteiger partial charge in [0.25, 0.3) is 0 Å². The van der Waals surface area contributed by atoms with Gasteiger partial charge >= 0.3 is 0 Å². The second-order valence-electron chi connectivity index (χ2n) is 5.45. The van der Waals surface area contributed by atoms with Crippen molar-refractivity contribution in [3.8, 4) is 0 Å². The molecule has 0 aliphatic carbocycles. The zero-order valence-corrected chi connectivity index (χ0v) is 11.4. The summed E-state index contributed by atoms with van der Waals surface area (Å²) in [4.78, 5) is 0. The molecule has 96 valence electrons. The molecule has 0 amide bonds. The molecule has 18 heavy (non-hydrogen) atoms. The maximum absolute atomic E-state index is 3.51. The molecule has 0 bridgehead atoms. The van der Waals surface area contributed by atoms with E-state index in [1.54, 1.807) is 5.56 Å². The third-order valence-electron chi connectivity index (χ3n) is 4.43. The first-order valence-electron chi connectivity index (χ1n) is 7.03. The van der Waals surface area contributed by atoms with Crippen molar-refractivity contribution in [2.75, 3.05) is 13.1 Å². The van der Waals surface area contributed by atoms with E-state index in [0.717, 1.165) is 12.5 Å². The van der Waals surface area contributed by atoms with E-state index in [-0.39, 0.29) is 0 Å². The van der Waals surface area contributed by atoms with Crippen molar-refractivity contribution in [1.29, 1.82) is 0 Å². The number of rotatable bonds is 1. The van der Waals surface area contributed by atoms with Gasteiger partial charge in [0.2, 0.25) is 0 Å². The van der Waals surface area contributed by atoms with E-state index in [0.29, 0.717) is 0 Å². The van der Waals surface area contributed by atoms with Crippen LogP contribution in [0.3, 0.4) is 0 Å². The van der Waals surface area contributed by atoms with Crippen molar-refractivity contribution in [2.24, 2.45) is 7.05 Å². The molecule has 0 spiro atoms. The predicted molar refractivity (Wildman–Crippen MR) is 77.1 cm³/mol.